The molecule has 0 aliphatic rings. The Labute approximate surface area is 156 Å². The third-order valence-electron chi connectivity index (χ3n) is 3.95. The van der Waals surface area contributed by atoms with E-state index in [1.807, 2.05) is 36.7 Å². The first-order valence-electron chi connectivity index (χ1n) is 8.02. The lowest BCUT2D eigenvalue weighted by molar-refractivity contribution is -0.129. The fraction of sp³-hybridized carbons (Fsp3) is 0.200. The highest BCUT2D eigenvalue weighted by Gasteiger charge is 2.14. The van der Waals surface area contributed by atoms with E-state index in [1.165, 1.54) is 16.9 Å². The number of hydrogen-bond acceptors (Lipinski definition) is 3. The molecule has 0 N–H and O–H groups in total. The second-order valence-corrected chi connectivity index (χ2v) is 7.30. The molecule has 0 spiro atoms. The maximum Gasteiger partial charge on any atom is 0.228 e. The van der Waals surface area contributed by atoms with Crippen LogP contribution in [-0.2, 0) is 17.8 Å². The van der Waals surface area contributed by atoms with Crippen LogP contribution in [0.5, 0.6) is 0 Å². The molecule has 3 aromatic rings. The zero-order valence-corrected chi connectivity index (χ0v) is 15.8. The molecule has 1 aromatic heterocycles. The van der Waals surface area contributed by atoms with Crippen molar-refractivity contribution in [3.8, 4) is 10.6 Å². The number of rotatable bonds is 5. The second-order valence-electron chi connectivity index (χ2n) is 6.04. The molecule has 0 aliphatic heterocycles. The van der Waals surface area contributed by atoms with Crippen molar-refractivity contribution < 1.29 is 4.79 Å². The van der Waals surface area contributed by atoms with Crippen molar-refractivity contribution in [1.29, 1.82) is 0 Å². The Morgan fingerprint density at radius 3 is 2.60 bits per heavy atom. The smallest absolute Gasteiger partial charge is 0.228 e. The predicted molar refractivity (Wildman–Crippen MR) is 104 cm³/mol. The van der Waals surface area contributed by atoms with Crippen LogP contribution in [0.15, 0.2) is 53.9 Å². The number of carbonyl (C=O) groups excluding carboxylic acids is 1. The Hall–Kier alpha value is -2.17. The van der Waals surface area contributed by atoms with Gasteiger partial charge < -0.3 is 4.90 Å². The molecule has 0 aliphatic carbocycles. The molecular formula is C20H19ClN2OS. The normalized spacial score (nSPS) is 10.7. The first kappa shape index (κ1) is 17.6. The molecule has 0 bridgehead atoms. The lowest BCUT2D eigenvalue weighted by Gasteiger charge is -2.16. The minimum absolute atomic E-state index is 0.0524. The molecule has 0 fully saturated rings. The van der Waals surface area contributed by atoms with Gasteiger partial charge in [-0.15, -0.1) is 11.3 Å². The maximum atomic E-state index is 12.5. The number of hydrogen-bond donors (Lipinski definition) is 0. The van der Waals surface area contributed by atoms with Crippen molar-refractivity contribution in [3.05, 3.63) is 75.8 Å². The number of aromatic nitrogens is 1. The van der Waals surface area contributed by atoms with Crippen LogP contribution >= 0.6 is 22.9 Å². The molecule has 3 rings (SSSR count). The van der Waals surface area contributed by atoms with E-state index in [1.54, 1.807) is 4.90 Å². The zero-order chi connectivity index (χ0) is 17.8. The van der Waals surface area contributed by atoms with Crippen LogP contribution in [0.1, 0.15) is 16.8 Å². The van der Waals surface area contributed by atoms with Gasteiger partial charge in [0.2, 0.25) is 5.91 Å². The van der Waals surface area contributed by atoms with Gasteiger partial charge in [-0.2, -0.15) is 0 Å². The van der Waals surface area contributed by atoms with Crippen molar-refractivity contribution in [1.82, 2.24) is 9.88 Å². The number of nitrogens with zero attached hydrogens (tertiary/aromatic N) is 2. The summed E-state index contributed by atoms with van der Waals surface area (Å²) in [5.74, 6) is 0.0524. The van der Waals surface area contributed by atoms with Gasteiger partial charge in [-0.05, 0) is 18.6 Å². The Morgan fingerprint density at radius 2 is 1.88 bits per heavy atom. The SMILES string of the molecule is Cc1ccc(CN(C)C(=O)Cc2csc(-c3ccccc3Cl)n2)cc1. The largest absolute Gasteiger partial charge is 0.341 e. The summed E-state index contributed by atoms with van der Waals surface area (Å²) in [5.41, 5.74) is 4.02. The number of thiazole rings is 1. The summed E-state index contributed by atoms with van der Waals surface area (Å²) in [6.07, 6.45) is 0.295. The summed E-state index contributed by atoms with van der Waals surface area (Å²) in [6, 6.07) is 15.8. The summed E-state index contributed by atoms with van der Waals surface area (Å²) in [4.78, 5) is 18.8. The van der Waals surface area contributed by atoms with Gasteiger partial charge in [0.15, 0.2) is 0 Å². The highest BCUT2D eigenvalue weighted by atomic mass is 35.5. The molecule has 0 unspecified atom stereocenters. The van der Waals surface area contributed by atoms with E-state index in [-0.39, 0.29) is 5.91 Å². The van der Waals surface area contributed by atoms with Gasteiger partial charge in [0.05, 0.1) is 17.1 Å². The van der Waals surface area contributed by atoms with Crippen LogP contribution in [0, 0.1) is 6.92 Å². The van der Waals surface area contributed by atoms with Gasteiger partial charge in [0.25, 0.3) is 0 Å². The summed E-state index contributed by atoms with van der Waals surface area (Å²) >= 11 is 7.73. The maximum absolute atomic E-state index is 12.5. The molecule has 2 aromatic carbocycles. The molecule has 1 heterocycles. The fourth-order valence-corrected chi connectivity index (χ4v) is 3.63. The van der Waals surface area contributed by atoms with E-state index in [4.69, 9.17) is 11.6 Å². The van der Waals surface area contributed by atoms with Crippen LogP contribution in [0.3, 0.4) is 0 Å². The average molecular weight is 371 g/mol. The van der Waals surface area contributed by atoms with Gasteiger partial charge in [0, 0.05) is 24.5 Å². The molecule has 0 atom stereocenters. The van der Waals surface area contributed by atoms with Crippen molar-refractivity contribution in [2.75, 3.05) is 7.05 Å². The summed E-state index contributed by atoms with van der Waals surface area (Å²) in [5, 5.41) is 3.44. The van der Waals surface area contributed by atoms with E-state index in [9.17, 15) is 4.79 Å². The fourth-order valence-electron chi connectivity index (χ4n) is 2.49. The standard InChI is InChI=1S/C20H19ClN2OS/c1-14-7-9-15(10-8-14)12-23(2)19(24)11-16-13-25-20(22-16)17-5-3-4-6-18(17)21/h3-10,13H,11-12H2,1-2H3. The van der Waals surface area contributed by atoms with E-state index in [2.05, 4.69) is 36.2 Å². The summed E-state index contributed by atoms with van der Waals surface area (Å²) < 4.78 is 0. The monoisotopic (exact) mass is 370 g/mol. The molecule has 128 valence electrons. The van der Waals surface area contributed by atoms with Gasteiger partial charge in [-0.3, -0.25) is 4.79 Å². The quantitative estimate of drug-likeness (QED) is 0.635. The van der Waals surface area contributed by atoms with E-state index in [0.29, 0.717) is 18.0 Å². The van der Waals surface area contributed by atoms with E-state index in [0.717, 1.165) is 21.8 Å². The van der Waals surface area contributed by atoms with Crippen molar-refractivity contribution in [3.63, 3.8) is 0 Å². The Kier molecular flexibility index (Phi) is 5.51. The van der Waals surface area contributed by atoms with Crippen LogP contribution in [0.4, 0.5) is 0 Å². The number of halogens is 1. The third-order valence-corrected chi connectivity index (χ3v) is 5.21. The van der Waals surface area contributed by atoms with Crippen LogP contribution in [0.25, 0.3) is 10.6 Å². The Morgan fingerprint density at radius 1 is 1.16 bits per heavy atom. The Balaban J connectivity index is 1.65. The second kappa shape index (κ2) is 7.81. The molecule has 0 saturated heterocycles. The highest BCUT2D eigenvalue weighted by molar-refractivity contribution is 7.13. The minimum atomic E-state index is 0.0524. The summed E-state index contributed by atoms with van der Waals surface area (Å²) in [7, 11) is 1.82. The highest BCUT2D eigenvalue weighted by Crippen LogP contribution is 2.30. The van der Waals surface area contributed by atoms with Crippen molar-refractivity contribution in [2.24, 2.45) is 0 Å². The molecule has 0 radical (unpaired) electrons. The predicted octanol–water partition coefficient (Wildman–Crippen LogP) is 4.97. The van der Waals surface area contributed by atoms with Crippen molar-refractivity contribution in [2.45, 2.75) is 19.9 Å². The molecule has 3 nitrogen and oxygen atoms in total. The number of aryl methyl sites for hydroxylation is 1. The van der Waals surface area contributed by atoms with Crippen LogP contribution in [0.2, 0.25) is 5.02 Å². The van der Waals surface area contributed by atoms with E-state index >= 15 is 0 Å². The van der Waals surface area contributed by atoms with Crippen LogP contribution < -0.4 is 0 Å². The first-order chi connectivity index (χ1) is 12.0. The van der Waals surface area contributed by atoms with Gasteiger partial charge in [-0.25, -0.2) is 4.98 Å². The lowest BCUT2D eigenvalue weighted by atomic mass is 10.1. The third kappa shape index (κ3) is 4.47. The molecule has 1 amide bonds. The number of likely N-dealkylation sites (N-methyl/N-ethyl adjacent to an activating group) is 1. The number of benzene rings is 2. The Bertz CT molecular complexity index is 873. The van der Waals surface area contributed by atoms with Gasteiger partial charge in [-0.1, -0.05) is 59.6 Å². The van der Waals surface area contributed by atoms with Gasteiger partial charge in [0.1, 0.15) is 5.01 Å². The average Bonchev–Trinajstić information content (AvgIpc) is 3.05. The first-order valence-corrected chi connectivity index (χ1v) is 9.27. The topological polar surface area (TPSA) is 33.2 Å². The van der Waals surface area contributed by atoms with Crippen molar-refractivity contribution >= 4 is 28.8 Å². The number of carbonyl (C=O) groups is 1. The lowest BCUT2D eigenvalue weighted by Crippen LogP contribution is -2.27. The molecule has 25 heavy (non-hydrogen) atoms. The van der Waals surface area contributed by atoms with Crippen LogP contribution in [-0.4, -0.2) is 22.8 Å². The van der Waals surface area contributed by atoms with E-state index < -0.39 is 0 Å². The number of amides is 1. The molecular weight excluding hydrogens is 352 g/mol. The summed E-state index contributed by atoms with van der Waals surface area (Å²) in [6.45, 7) is 2.65. The van der Waals surface area contributed by atoms with Gasteiger partial charge >= 0.3 is 0 Å². The zero-order valence-electron chi connectivity index (χ0n) is 14.2. The molecule has 5 heteroatoms. The molecule has 0 saturated carbocycles. The minimum Gasteiger partial charge on any atom is -0.341 e.